The lowest BCUT2D eigenvalue weighted by Gasteiger charge is -2.41. The quantitative estimate of drug-likeness (QED) is 0.0443. The van der Waals surface area contributed by atoms with Gasteiger partial charge in [0.1, 0.15) is 103 Å². The molecule has 0 amide bonds. The molecule has 0 aromatic heterocycles. The number of aliphatic hydroxyl groups excluding tert-OH is 11. The second kappa shape index (κ2) is 20.2. The summed E-state index contributed by atoms with van der Waals surface area (Å²) in [5.41, 5.74) is -0.0152. The number of phenolic OH excluding ortho intramolecular Hbond substituents is 5. The van der Waals surface area contributed by atoms with Crippen molar-refractivity contribution in [1.29, 1.82) is 0 Å². The van der Waals surface area contributed by atoms with Crippen LogP contribution in [0.15, 0.2) is 54.3 Å². The maximum Gasteiger partial charge on any atom is 0.330 e. The van der Waals surface area contributed by atoms with Crippen LogP contribution in [0.4, 0.5) is 0 Å². The fraction of sp³-hybridized carbons (Fsp3) is 0.452. The first-order valence-electron chi connectivity index (χ1n) is 20.3. The molecular weight excluding hydrogens is 904 g/mol. The topological polar surface area (TPSA) is 415 Å². The van der Waals surface area contributed by atoms with Crippen LogP contribution in [-0.4, -0.2) is 200 Å². The number of fused-ring (bicyclic) bond motifs is 1. The summed E-state index contributed by atoms with van der Waals surface area (Å²) >= 11 is 0. The number of aromatic hydroxyl groups is 5. The van der Waals surface area contributed by atoms with Gasteiger partial charge >= 0.3 is 5.97 Å². The number of benzene rings is 3. The lowest BCUT2D eigenvalue weighted by molar-refractivity contribution is -0.293. The van der Waals surface area contributed by atoms with Gasteiger partial charge in [0.05, 0.1) is 18.8 Å². The van der Waals surface area contributed by atoms with Crippen molar-refractivity contribution in [3.8, 4) is 46.0 Å². The van der Waals surface area contributed by atoms with Crippen LogP contribution < -0.4 is 14.2 Å². The van der Waals surface area contributed by atoms with E-state index in [0.717, 1.165) is 42.5 Å². The molecule has 3 fully saturated rings. The predicted molar refractivity (Wildman–Crippen MR) is 216 cm³/mol. The third-order valence-corrected chi connectivity index (χ3v) is 11.2. The monoisotopic (exact) mass is 952 g/mol. The fourth-order valence-corrected chi connectivity index (χ4v) is 7.40. The summed E-state index contributed by atoms with van der Waals surface area (Å²) in [6.45, 7) is -2.41. The Morgan fingerprint density at radius 3 is 1.72 bits per heavy atom. The highest BCUT2D eigenvalue weighted by atomic mass is 16.7. The summed E-state index contributed by atoms with van der Waals surface area (Å²) in [7, 11) is 0. The van der Waals surface area contributed by atoms with E-state index in [0.29, 0.717) is 5.56 Å². The molecule has 25 nitrogen and oxygen atoms in total. The Balaban J connectivity index is 1.19. The largest absolute Gasteiger partial charge is 0.508 e. The van der Waals surface area contributed by atoms with Crippen LogP contribution in [-0.2, 0) is 28.5 Å². The van der Waals surface area contributed by atoms with E-state index in [9.17, 15) is 86.5 Å². The minimum Gasteiger partial charge on any atom is -0.508 e. The summed E-state index contributed by atoms with van der Waals surface area (Å²) in [4.78, 5) is 12.5. The second-order valence-corrected chi connectivity index (χ2v) is 15.8. The zero-order valence-corrected chi connectivity index (χ0v) is 34.5. The SMILES string of the molecule is O=C(C=Cc1ccc(O)c(O)c1)OCC1OC(Oc2cc(O)cc3c2C=C(OC2OC(CO)C(O)C(O)C2O)C(c2cc(O)c(O)c(OC4OC(CO)C(O)C(O)C4O)c2)O3)C(O)C(O)C1O. The molecule has 4 aliphatic heterocycles. The molecule has 3 aromatic rings. The highest BCUT2D eigenvalue weighted by Crippen LogP contribution is 2.48. The molecule has 0 spiro atoms. The van der Waals surface area contributed by atoms with Crippen molar-refractivity contribution in [3.63, 3.8) is 0 Å². The summed E-state index contributed by atoms with van der Waals surface area (Å²) in [5.74, 6) is -5.88. The van der Waals surface area contributed by atoms with E-state index in [-0.39, 0.29) is 22.6 Å². The number of esters is 1. The fourth-order valence-electron chi connectivity index (χ4n) is 7.40. The molecule has 3 aromatic carbocycles. The molecule has 0 bridgehead atoms. The number of hydrogen-bond acceptors (Lipinski definition) is 25. The zero-order valence-electron chi connectivity index (χ0n) is 34.5. The highest BCUT2D eigenvalue weighted by Gasteiger charge is 2.49. The van der Waals surface area contributed by atoms with E-state index in [1.807, 2.05) is 0 Å². The average Bonchev–Trinajstić information content (AvgIpc) is 3.30. The first kappa shape index (κ1) is 49.2. The average molecular weight is 953 g/mol. The molecule has 0 saturated carbocycles. The van der Waals surface area contributed by atoms with Gasteiger partial charge in [0, 0.05) is 23.8 Å². The normalized spacial score (nSPS) is 34.1. The molecular formula is C42H48O25. The zero-order chi connectivity index (χ0) is 48.6. The minimum atomic E-state index is -2.00. The number of hydrogen-bond donors (Lipinski definition) is 16. The van der Waals surface area contributed by atoms with Gasteiger partial charge in [-0.2, -0.15) is 0 Å². The molecule has 25 heteroatoms. The van der Waals surface area contributed by atoms with E-state index in [2.05, 4.69) is 0 Å². The van der Waals surface area contributed by atoms with Crippen LogP contribution in [0.5, 0.6) is 46.0 Å². The van der Waals surface area contributed by atoms with E-state index < -0.39 is 164 Å². The van der Waals surface area contributed by atoms with Crippen molar-refractivity contribution in [2.24, 2.45) is 0 Å². The van der Waals surface area contributed by atoms with Crippen molar-refractivity contribution >= 4 is 18.1 Å². The maximum atomic E-state index is 12.5. The first-order valence-corrected chi connectivity index (χ1v) is 20.3. The Morgan fingerprint density at radius 2 is 1.13 bits per heavy atom. The third kappa shape index (κ3) is 10.2. The molecule has 4 aliphatic rings. The number of ether oxygens (including phenoxy) is 8. The molecule has 67 heavy (non-hydrogen) atoms. The Bertz CT molecular complexity index is 2300. The van der Waals surface area contributed by atoms with Gasteiger partial charge in [-0.05, 0) is 42.0 Å². The van der Waals surface area contributed by atoms with E-state index in [4.69, 9.17) is 37.9 Å². The predicted octanol–water partition coefficient (Wildman–Crippen LogP) is -3.87. The maximum absolute atomic E-state index is 12.5. The van der Waals surface area contributed by atoms with Crippen LogP contribution in [0.1, 0.15) is 22.8 Å². The van der Waals surface area contributed by atoms with Crippen LogP contribution in [0.25, 0.3) is 12.2 Å². The number of phenols is 5. The Morgan fingerprint density at radius 1 is 0.582 bits per heavy atom. The van der Waals surface area contributed by atoms with Gasteiger partial charge in [-0.15, -0.1) is 0 Å². The third-order valence-electron chi connectivity index (χ3n) is 11.2. The van der Waals surface area contributed by atoms with Crippen LogP contribution in [0, 0.1) is 0 Å². The smallest absolute Gasteiger partial charge is 0.330 e. The number of carbonyl (C=O) groups excluding carboxylic acids is 1. The second-order valence-electron chi connectivity index (χ2n) is 15.8. The molecule has 3 saturated heterocycles. The summed E-state index contributed by atoms with van der Waals surface area (Å²) in [5, 5.41) is 167. The van der Waals surface area contributed by atoms with Crippen molar-refractivity contribution in [1.82, 2.24) is 0 Å². The number of aliphatic hydroxyl groups is 11. The van der Waals surface area contributed by atoms with Crippen molar-refractivity contribution in [3.05, 3.63) is 71.0 Å². The van der Waals surface area contributed by atoms with E-state index in [1.54, 1.807) is 0 Å². The van der Waals surface area contributed by atoms with Crippen molar-refractivity contribution in [2.45, 2.75) is 98.2 Å². The van der Waals surface area contributed by atoms with Gasteiger partial charge in [-0.3, -0.25) is 0 Å². The van der Waals surface area contributed by atoms with E-state index >= 15 is 0 Å². The first-order chi connectivity index (χ1) is 31.8. The molecule has 366 valence electrons. The van der Waals surface area contributed by atoms with E-state index in [1.165, 1.54) is 18.2 Å². The minimum absolute atomic E-state index is 0.140. The van der Waals surface area contributed by atoms with Crippen molar-refractivity contribution < 1.29 is 124 Å². The summed E-state index contributed by atoms with van der Waals surface area (Å²) in [6, 6.07) is 7.76. The number of carbonyl (C=O) groups is 1. The van der Waals surface area contributed by atoms with Crippen LogP contribution in [0.3, 0.4) is 0 Å². The molecule has 4 heterocycles. The summed E-state index contributed by atoms with van der Waals surface area (Å²) in [6.07, 6.45) is -25.6. The summed E-state index contributed by atoms with van der Waals surface area (Å²) < 4.78 is 45.5. The van der Waals surface area contributed by atoms with Gasteiger partial charge in [0.2, 0.25) is 24.6 Å². The van der Waals surface area contributed by atoms with Crippen LogP contribution >= 0.6 is 0 Å². The molecule has 7 rings (SSSR count). The van der Waals surface area contributed by atoms with Gasteiger partial charge in [-0.25, -0.2) is 4.79 Å². The molecule has 0 aliphatic carbocycles. The van der Waals surface area contributed by atoms with Gasteiger partial charge in [0.15, 0.2) is 29.1 Å². The lowest BCUT2D eigenvalue weighted by atomic mass is 9.98. The number of rotatable bonds is 13. The van der Waals surface area contributed by atoms with Gasteiger partial charge < -0.3 is 120 Å². The molecule has 16 N–H and O–H groups in total. The molecule has 0 radical (unpaired) electrons. The Kier molecular flexibility index (Phi) is 14.8. The Labute approximate surface area is 377 Å². The molecule has 16 unspecified atom stereocenters. The van der Waals surface area contributed by atoms with Gasteiger partial charge in [-0.1, -0.05) is 6.07 Å². The lowest BCUT2D eigenvalue weighted by Crippen LogP contribution is -2.60. The van der Waals surface area contributed by atoms with Gasteiger partial charge in [0.25, 0.3) is 0 Å². The highest BCUT2D eigenvalue weighted by molar-refractivity contribution is 5.87. The standard InChI is InChI=1S/C42H48O25/c43-11-25-30(51)33(54)36(57)41(65-25)63-23-7-15(6-20(48)29(23)50)39-24(64-42-37(58)34(55)31(52)26(12-44)66-42)10-17-21(61-39)8-16(45)9-22(17)62-40-38(59)35(56)32(53)27(67-40)13-60-28(49)4-2-14-1-3-18(46)19(47)5-14/h1-10,25-27,30-48,50-59H,11-13H2. The van der Waals surface area contributed by atoms with Crippen LogP contribution in [0.2, 0.25) is 0 Å². The molecule has 16 atom stereocenters. The van der Waals surface area contributed by atoms with Crippen molar-refractivity contribution in [2.75, 3.05) is 19.8 Å². The Hall–Kier alpha value is -5.75.